The van der Waals surface area contributed by atoms with E-state index in [9.17, 15) is 14.0 Å². The van der Waals surface area contributed by atoms with Gasteiger partial charge in [0.15, 0.2) is 6.29 Å². The molecule has 25 heavy (non-hydrogen) atoms. The van der Waals surface area contributed by atoms with Crippen LogP contribution < -0.4 is 0 Å². The lowest BCUT2D eigenvalue weighted by Crippen LogP contribution is -2.15. The fourth-order valence-corrected chi connectivity index (χ4v) is 2.71. The van der Waals surface area contributed by atoms with Crippen LogP contribution in [0, 0.1) is 5.82 Å². The first-order chi connectivity index (χ1) is 12.2. The van der Waals surface area contributed by atoms with Gasteiger partial charge in [0.2, 0.25) is 5.89 Å². The van der Waals surface area contributed by atoms with Gasteiger partial charge in [0.05, 0.1) is 23.9 Å². The lowest BCUT2D eigenvalue weighted by Gasteiger charge is -2.09. The summed E-state index contributed by atoms with van der Waals surface area (Å²) in [7, 11) is 0. The molecule has 130 valence electrons. The molecule has 0 aliphatic heterocycles. The first kappa shape index (κ1) is 16.9. The van der Waals surface area contributed by atoms with E-state index in [0.717, 1.165) is 12.8 Å². The third-order valence-corrected chi connectivity index (χ3v) is 3.87. The van der Waals surface area contributed by atoms with Crippen LogP contribution in [-0.4, -0.2) is 28.4 Å². The second kappa shape index (κ2) is 7.29. The van der Waals surface area contributed by atoms with Crippen LogP contribution >= 0.6 is 0 Å². The van der Waals surface area contributed by atoms with Gasteiger partial charge in [-0.15, -0.1) is 0 Å². The monoisotopic (exact) mass is 344 g/mol. The number of ether oxygens (including phenoxy) is 1. The summed E-state index contributed by atoms with van der Waals surface area (Å²) in [6.07, 6.45) is 5.10. The minimum Gasteiger partial charge on any atom is -0.464 e. The van der Waals surface area contributed by atoms with Crippen LogP contribution in [0.3, 0.4) is 0 Å². The maximum absolute atomic E-state index is 13.6. The van der Waals surface area contributed by atoms with Crippen LogP contribution in [-0.2, 0) is 16.1 Å². The Morgan fingerprint density at radius 2 is 2.28 bits per heavy atom. The molecule has 0 fully saturated rings. The predicted octanol–water partition coefficient (Wildman–Crippen LogP) is 3.59. The molecule has 0 saturated heterocycles. The zero-order valence-corrected chi connectivity index (χ0v) is 13.7. The molecule has 2 aromatic heterocycles. The Bertz CT molecular complexity index is 900. The molecule has 0 saturated carbocycles. The Hall–Kier alpha value is -2.96. The lowest BCUT2D eigenvalue weighted by molar-refractivity contribution is -0.144. The first-order valence-corrected chi connectivity index (χ1v) is 7.98. The Morgan fingerprint density at radius 3 is 2.96 bits per heavy atom. The minimum absolute atomic E-state index is 0.128. The number of unbranched alkanes of at least 4 members (excludes halogenated alkanes) is 1. The minimum atomic E-state index is -0.475. The van der Waals surface area contributed by atoms with E-state index in [1.165, 1.54) is 30.7 Å². The largest absolute Gasteiger partial charge is 0.464 e. The van der Waals surface area contributed by atoms with Crippen LogP contribution in [0.1, 0.15) is 30.1 Å². The average Bonchev–Trinajstić information content (AvgIpc) is 3.21. The number of nitrogens with zero attached hydrogens (tertiary/aromatic N) is 2. The molecule has 0 atom stereocenters. The van der Waals surface area contributed by atoms with E-state index in [0.29, 0.717) is 29.5 Å². The number of aromatic nitrogens is 2. The van der Waals surface area contributed by atoms with Crippen molar-refractivity contribution in [3.05, 3.63) is 42.0 Å². The van der Waals surface area contributed by atoms with Crippen LogP contribution in [0.2, 0.25) is 0 Å². The van der Waals surface area contributed by atoms with E-state index in [1.54, 1.807) is 4.57 Å². The number of hydrogen-bond acceptors (Lipinski definition) is 5. The summed E-state index contributed by atoms with van der Waals surface area (Å²) in [4.78, 5) is 27.9. The highest BCUT2D eigenvalue weighted by Gasteiger charge is 2.23. The molecule has 0 radical (unpaired) electrons. The van der Waals surface area contributed by atoms with Crippen molar-refractivity contribution in [3.8, 4) is 11.6 Å². The van der Waals surface area contributed by atoms with E-state index in [4.69, 9.17) is 9.15 Å². The summed E-state index contributed by atoms with van der Waals surface area (Å²) in [5.41, 5.74) is 1.08. The molecule has 1 aromatic carbocycles. The normalized spacial score (nSPS) is 11.0. The fraction of sp³-hybridized carbons (Fsp3) is 0.278. The summed E-state index contributed by atoms with van der Waals surface area (Å²) in [5.74, 6) is -0.739. The highest BCUT2D eigenvalue weighted by molar-refractivity contribution is 6.04. The van der Waals surface area contributed by atoms with Gasteiger partial charge in [-0.25, -0.2) is 9.37 Å². The van der Waals surface area contributed by atoms with Gasteiger partial charge in [-0.2, -0.15) is 0 Å². The molecule has 6 nitrogen and oxygen atoms in total. The van der Waals surface area contributed by atoms with Crippen LogP contribution in [0.5, 0.6) is 0 Å². The molecule has 0 N–H and O–H groups in total. The Kier molecular flexibility index (Phi) is 4.92. The number of carbonyl (C=O) groups excluding carboxylic acids is 2. The third kappa shape index (κ3) is 3.31. The molecule has 0 aliphatic rings. The number of hydrogen-bond donors (Lipinski definition) is 0. The highest BCUT2D eigenvalue weighted by atomic mass is 19.1. The quantitative estimate of drug-likeness (QED) is 0.372. The number of benzene rings is 1. The molecular formula is C18H17FN2O4. The van der Waals surface area contributed by atoms with Crippen molar-refractivity contribution >= 4 is 23.2 Å². The first-order valence-electron chi connectivity index (χ1n) is 7.98. The molecule has 0 unspecified atom stereocenters. The van der Waals surface area contributed by atoms with Gasteiger partial charge in [-0.3, -0.25) is 9.59 Å². The average molecular weight is 344 g/mol. The number of oxazole rings is 1. The maximum Gasteiger partial charge on any atom is 0.325 e. The van der Waals surface area contributed by atoms with E-state index < -0.39 is 11.8 Å². The van der Waals surface area contributed by atoms with Gasteiger partial charge < -0.3 is 13.7 Å². The number of carbonyl (C=O) groups is 2. The Morgan fingerprint density at radius 1 is 1.44 bits per heavy atom. The van der Waals surface area contributed by atoms with Crippen molar-refractivity contribution in [1.29, 1.82) is 0 Å². The van der Waals surface area contributed by atoms with E-state index >= 15 is 0 Å². The molecule has 0 bridgehead atoms. The second-order valence-corrected chi connectivity index (χ2v) is 5.54. The zero-order chi connectivity index (χ0) is 17.8. The summed E-state index contributed by atoms with van der Waals surface area (Å²) in [6.45, 7) is 2.20. The molecule has 7 heteroatoms. The molecule has 0 aliphatic carbocycles. The van der Waals surface area contributed by atoms with Crippen LogP contribution in [0.4, 0.5) is 4.39 Å². The maximum atomic E-state index is 13.6. The molecular weight excluding hydrogens is 327 g/mol. The Balaban J connectivity index is 2.10. The van der Waals surface area contributed by atoms with Gasteiger partial charge in [-0.05, 0) is 24.6 Å². The van der Waals surface area contributed by atoms with Gasteiger partial charge >= 0.3 is 5.97 Å². The molecule has 2 heterocycles. The molecule has 3 rings (SSSR count). The van der Waals surface area contributed by atoms with Crippen molar-refractivity contribution in [2.75, 3.05) is 6.61 Å². The second-order valence-electron chi connectivity index (χ2n) is 5.54. The fourth-order valence-electron chi connectivity index (χ4n) is 2.71. The van der Waals surface area contributed by atoms with Gasteiger partial charge in [0.25, 0.3) is 0 Å². The molecule has 3 aromatic rings. The number of halogens is 1. The van der Waals surface area contributed by atoms with E-state index in [1.807, 2.05) is 6.92 Å². The van der Waals surface area contributed by atoms with Crippen molar-refractivity contribution < 1.29 is 23.1 Å². The summed E-state index contributed by atoms with van der Waals surface area (Å²) < 4.78 is 25.7. The van der Waals surface area contributed by atoms with Crippen molar-refractivity contribution in [2.45, 2.75) is 26.3 Å². The standard InChI is InChI=1S/C18H17FN2O4/c1-2-3-7-24-16(23)10-21-15-5-4-12(19)9-13(15)14(11-22)17(21)18-20-6-8-25-18/h4-6,8-9,11H,2-3,7,10H2,1H3. The highest BCUT2D eigenvalue weighted by Crippen LogP contribution is 2.32. The molecule has 0 amide bonds. The van der Waals surface area contributed by atoms with Gasteiger partial charge in [-0.1, -0.05) is 13.3 Å². The van der Waals surface area contributed by atoms with Gasteiger partial charge in [0, 0.05) is 5.39 Å². The van der Waals surface area contributed by atoms with E-state index in [-0.39, 0.29) is 18.0 Å². The van der Waals surface area contributed by atoms with Crippen LogP contribution in [0.25, 0.3) is 22.5 Å². The number of rotatable bonds is 7. The smallest absolute Gasteiger partial charge is 0.325 e. The van der Waals surface area contributed by atoms with Crippen molar-refractivity contribution in [3.63, 3.8) is 0 Å². The third-order valence-electron chi connectivity index (χ3n) is 3.87. The van der Waals surface area contributed by atoms with Crippen molar-refractivity contribution in [2.24, 2.45) is 0 Å². The summed E-state index contributed by atoms with van der Waals surface area (Å²) in [5, 5.41) is 0.393. The van der Waals surface area contributed by atoms with Crippen molar-refractivity contribution in [1.82, 2.24) is 9.55 Å². The zero-order valence-electron chi connectivity index (χ0n) is 13.7. The summed E-state index contributed by atoms with van der Waals surface area (Å²) >= 11 is 0. The van der Waals surface area contributed by atoms with E-state index in [2.05, 4.69) is 4.98 Å². The molecule has 0 spiro atoms. The number of aldehydes is 1. The topological polar surface area (TPSA) is 74.3 Å². The Labute approximate surface area is 143 Å². The summed E-state index contributed by atoms with van der Waals surface area (Å²) in [6, 6.07) is 4.04. The predicted molar refractivity (Wildman–Crippen MR) is 88.6 cm³/mol. The lowest BCUT2D eigenvalue weighted by atomic mass is 10.1. The number of fused-ring (bicyclic) bond motifs is 1. The van der Waals surface area contributed by atoms with Crippen LogP contribution in [0.15, 0.2) is 35.1 Å². The SMILES string of the molecule is CCCCOC(=O)Cn1c(-c2ncco2)c(C=O)c2cc(F)ccc21. The number of esters is 1. The van der Waals surface area contributed by atoms with Gasteiger partial charge in [0.1, 0.15) is 24.3 Å².